The highest BCUT2D eigenvalue weighted by Crippen LogP contribution is 2.06. The second-order valence-electron chi connectivity index (χ2n) is 4.27. The van der Waals surface area contributed by atoms with Gasteiger partial charge in [0.05, 0.1) is 6.04 Å². The molecule has 0 spiro atoms. The number of ketones is 1. The standard InChI is InChI=1S/C10H19NO4/c1-7(8(12)6-14-5)11-9(13)15-10(2,3)4/h7H,6H2,1-5H3,(H,11,13). The van der Waals surface area contributed by atoms with Crippen LogP contribution in [-0.4, -0.2) is 37.2 Å². The van der Waals surface area contributed by atoms with Crippen molar-refractivity contribution < 1.29 is 19.1 Å². The van der Waals surface area contributed by atoms with E-state index in [1.54, 1.807) is 27.7 Å². The maximum atomic E-state index is 11.3. The van der Waals surface area contributed by atoms with E-state index in [-0.39, 0.29) is 12.4 Å². The SMILES string of the molecule is COCC(=O)C(C)NC(=O)OC(C)(C)C. The fraction of sp³-hybridized carbons (Fsp3) is 0.800. The molecule has 0 saturated carbocycles. The van der Waals surface area contributed by atoms with E-state index in [2.05, 4.69) is 10.1 Å². The molecule has 88 valence electrons. The number of nitrogens with one attached hydrogen (secondary N) is 1. The molecule has 0 aliphatic heterocycles. The Bertz CT molecular complexity index is 232. The fourth-order valence-electron chi connectivity index (χ4n) is 0.832. The smallest absolute Gasteiger partial charge is 0.408 e. The van der Waals surface area contributed by atoms with Crippen LogP contribution in [0.1, 0.15) is 27.7 Å². The van der Waals surface area contributed by atoms with Gasteiger partial charge in [-0.1, -0.05) is 0 Å². The Morgan fingerprint density at radius 3 is 2.27 bits per heavy atom. The lowest BCUT2D eigenvalue weighted by molar-refractivity contribution is -0.124. The van der Waals surface area contributed by atoms with Crippen molar-refractivity contribution in [3.8, 4) is 0 Å². The van der Waals surface area contributed by atoms with Crippen molar-refractivity contribution in [3.05, 3.63) is 0 Å². The van der Waals surface area contributed by atoms with E-state index >= 15 is 0 Å². The van der Waals surface area contributed by atoms with E-state index in [1.807, 2.05) is 0 Å². The molecule has 0 bridgehead atoms. The lowest BCUT2D eigenvalue weighted by Gasteiger charge is -2.21. The molecule has 0 fully saturated rings. The van der Waals surface area contributed by atoms with Gasteiger partial charge in [0.15, 0.2) is 5.78 Å². The van der Waals surface area contributed by atoms with Crippen molar-refractivity contribution in [2.45, 2.75) is 39.3 Å². The maximum Gasteiger partial charge on any atom is 0.408 e. The minimum Gasteiger partial charge on any atom is -0.444 e. The van der Waals surface area contributed by atoms with Gasteiger partial charge in [-0.25, -0.2) is 4.79 Å². The molecule has 1 atom stereocenters. The fourth-order valence-corrected chi connectivity index (χ4v) is 0.832. The van der Waals surface area contributed by atoms with Gasteiger partial charge < -0.3 is 14.8 Å². The van der Waals surface area contributed by atoms with Crippen LogP contribution in [-0.2, 0) is 14.3 Å². The number of ether oxygens (including phenoxy) is 2. The third-order valence-corrected chi connectivity index (χ3v) is 1.50. The molecule has 1 unspecified atom stereocenters. The first-order valence-electron chi connectivity index (χ1n) is 4.77. The van der Waals surface area contributed by atoms with Crippen molar-refractivity contribution in [2.75, 3.05) is 13.7 Å². The number of rotatable bonds is 4. The largest absolute Gasteiger partial charge is 0.444 e. The van der Waals surface area contributed by atoms with Gasteiger partial charge in [0.1, 0.15) is 12.2 Å². The van der Waals surface area contributed by atoms with Crippen LogP contribution in [0.3, 0.4) is 0 Å². The first-order valence-corrected chi connectivity index (χ1v) is 4.77. The Morgan fingerprint density at radius 1 is 1.33 bits per heavy atom. The topological polar surface area (TPSA) is 64.6 Å². The highest BCUT2D eigenvalue weighted by Gasteiger charge is 2.20. The third-order valence-electron chi connectivity index (χ3n) is 1.50. The number of carbonyl (C=O) groups excluding carboxylic acids is 2. The Kier molecular flexibility index (Phi) is 5.28. The molecule has 1 N–H and O–H groups in total. The minimum absolute atomic E-state index is 0.0169. The zero-order valence-electron chi connectivity index (χ0n) is 9.92. The Hall–Kier alpha value is -1.10. The predicted octanol–water partition coefficient (Wildman–Crippen LogP) is 1.12. The Labute approximate surface area is 90.1 Å². The van der Waals surface area contributed by atoms with Gasteiger partial charge in [-0.3, -0.25) is 4.79 Å². The number of hydrogen-bond donors (Lipinski definition) is 1. The average molecular weight is 217 g/mol. The number of hydrogen-bond acceptors (Lipinski definition) is 4. The van der Waals surface area contributed by atoms with Crippen LogP contribution in [0.25, 0.3) is 0 Å². The van der Waals surface area contributed by atoms with Crippen molar-refractivity contribution in [1.29, 1.82) is 0 Å². The van der Waals surface area contributed by atoms with Crippen molar-refractivity contribution in [2.24, 2.45) is 0 Å². The highest BCUT2D eigenvalue weighted by molar-refractivity contribution is 5.87. The zero-order valence-corrected chi connectivity index (χ0v) is 9.92. The van der Waals surface area contributed by atoms with Gasteiger partial charge in [-0.15, -0.1) is 0 Å². The van der Waals surface area contributed by atoms with E-state index in [0.717, 1.165) is 0 Å². The number of alkyl carbamates (subject to hydrolysis) is 1. The second-order valence-corrected chi connectivity index (χ2v) is 4.27. The summed E-state index contributed by atoms with van der Waals surface area (Å²) >= 11 is 0. The molecule has 0 aromatic heterocycles. The third kappa shape index (κ3) is 6.90. The summed E-state index contributed by atoms with van der Waals surface area (Å²) in [6.07, 6.45) is -0.598. The summed E-state index contributed by atoms with van der Waals surface area (Å²) in [5, 5.41) is 2.43. The Morgan fingerprint density at radius 2 is 1.87 bits per heavy atom. The van der Waals surface area contributed by atoms with Crippen LogP contribution in [0, 0.1) is 0 Å². The summed E-state index contributed by atoms with van der Waals surface area (Å²) in [4.78, 5) is 22.5. The molecule has 5 heteroatoms. The maximum absolute atomic E-state index is 11.3. The predicted molar refractivity (Wildman–Crippen MR) is 55.7 cm³/mol. The van der Waals surface area contributed by atoms with E-state index in [9.17, 15) is 9.59 Å². The summed E-state index contributed by atoms with van der Waals surface area (Å²) in [6, 6.07) is -0.597. The molecule has 0 saturated heterocycles. The molecule has 0 heterocycles. The van der Waals surface area contributed by atoms with E-state index < -0.39 is 17.7 Å². The number of carbonyl (C=O) groups is 2. The molecular weight excluding hydrogens is 198 g/mol. The van der Waals surface area contributed by atoms with E-state index in [4.69, 9.17) is 4.74 Å². The summed E-state index contributed by atoms with van der Waals surface area (Å²) in [7, 11) is 1.43. The van der Waals surface area contributed by atoms with Gasteiger partial charge >= 0.3 is 6.09 Å². The van der Waals surface area contributed by atoms with Gasteiger partial charge in [0.25, 0.3) is 0 Å². The summed E-state index contributed by atoms with van der Waals surface area (Å²) in [5.74, 6) is -0.191. The van der Waals surface area contributed by atoms with Gasteiger partial charge in [-0.05, 0) is 27.7 Å². The first kappa shape index (κ1) is 13.9. The second kappa shape index (κ2) is 5.70. The highest BCUT2D eigenvalue weighted by atomic mass is 16.6. The van der Waals surface area contributed by atoms with Crippen LogP contribution < -0.4 is 5.32 Å². The van der Waals surface area contributed by atoms with Gasteiger partial charge in [-0.2, -0.15) is 0 Å². The Balaban J connectivity index is 4.02. The van der Waals surface area contributed by atoms with Gasteiger partial charge in [0, 0.05) is 7.11 Å². The molecule has 5 nitrogen and oxygen atoms in total. The van der Waals surface area contributed by atoms with Gasteiger partial charge in [0.2, 0.25) is 0 Å². The molecule has 15 heavy (non-hydrogen) atoms. The minimum atomic E-state index is -0.598. The summed E-state index contributed by atoms with van der Waals surface area (Å²) in [6.45, 7) is 6.85. The molecule has 0 radical (unpaired) electrons. The van der Waals surface area contributed by atoms with Crippen LogP contribution in [0.2, 0.25) is 0 Å². The normalized spacial score (nSPS) is 13.1. The van der Waals surface area contributed by atoms with Crippen molar-refractivity contribution in [1.82, 2.24) is 5.32 Å². The molecule has 0 aliphatic rings. The lowest BCUT2D eigenvalue weighted by Crippen LogP contribution is -2.42. The van der Waals surface area contributed by atoms with E-state index in [0.29, 0.717) is 0 Å². The monoisotopic (exact) mass is 217 g/mol. The molecule has 0 aromatic rings. The van der Waals surface area contributed by atoms with Crippen LogP contribution in [0.5, 0.6) is 0 Å². The molecule has 0 aliphatic carbocycles. The molecule has 0 rings (SSSR count). The lowest BCUT2D eigenvalue weighted by atomic mass is 10.2. The quantitative estimate of drug-likeness (QED) is 0.766. The van der Waals surface area contributed by atoms with Crippen molar-refractivity contribution >= 4 is 11.9 Å². The van der Waals surface area contributed by atoms with E-state index in [1.165, 1.54) is 7.11 Å². The zero-order chi connectivity index (χ0) is 12.1. The summed E-state index contributed by atoms with van der Waals surface area (Å²) in [5.41, 5.74) is -0.561. The summed E-state index contributed by atoms with van der Waals surface area (Å²) < 4.78 is 9.66. The average Bonchev–Trinajstić information content (AvgIpc) is 2.00. The molecular formula is C10H19NO4. The number of methoxy groups -OCH3 is 1. The molecule has 0 aromatic carbocycles. The first-order chi connectivity index (χ1) is 6.76. The van der Waals surface area contributed by atoms with Crippen molar-refractivity contribution in [3.63, 3.8) is 0 Å². The molecule has 1 amide bonds. The number of amides is 1. The van der Waals surface area contributed by atoms with Crippen LogP contribution in [0.15, 0.2) is 0 Å². The van der Waals surface area contributed by atoms with Crippen LogP contribution >= 0.6 is 0 Å². The van der Waals surface area contributed by atoms with Crippen LogP contribution in [0.4, 0.5) is 4.79 Å². The number of Topliss-reactive ketones (excluding diaryl/α,β-unsaturated/α-hetero) is 1.